The van der Waals surface area contributed by atoms with Crippen LogP contribution in [0.4, 0.5) is 11.4 Å². The summed E-state index contributed by atoms with van der Waals surface area (Å²) in [6, 6.07) is 7.03. The highest BCUT2D eigenvalue weighted by Gasteiger charge is 2.06. The number of nitrogens with one attached hydrogen (secondary N) is 1. The number of nitrogen functional groups attached to an aromatic ring is 1. The van der Waals surface area contributed by atoms with E-state index in [0.717, 1.165) is 5.56 Å². The van der Waals surface area contributed by atoms with E-state index in [0.29, 0.717) is 22.1 Å². The van der Waals surface area contributed by atoms with Gasteiger partial charge in [-0.15, -0.1) is 0 Å². The van der Waals surface area contributed by atoms with Crippen LogP contribution < -0.4 is 15.8 Å². The summed E-state index contributed by atoms with van der Waals surface area (Å²) in [6.45, 7) is 2.15. The quantitative estimate of drug-likeness (QED) is 0.832. The van der Waals surface area contributed by atoms with Crippen LogP contribution in [0.15, 0.2) is 36.7 Å². The number of carbonyl (C=O) groups is 1. The number of pyridine rings is 1. The van der Waals surface area contributed by atoms with Gasteiger partial charge in [-0.25, -0.2) is 0 Å². The summed E-state index contributed by atoms with van der Waals surface area (Å²) in [5, 5.41) is 3.30. The lowest BCUT2D eigenvalue weighted by Gasteiger charge is -2.10. The van der Waals surface area contributed by atoms with E-state index in [1.807, 2.05) is 13.0 Å². The van der Waals surface area contributed by atoms with Crippen LogP contribution in [0.1, 0.15) is 12.0 Å². The van der Waals surface area contributed by atoms with Crippen LogP contribution in [-0.4, -0.2) is 17.5 Å². The standard InChI is InChI=1S/C15H16ClN3O2/c1-10-2-3-12(17)7-14(10)19-15(20)4-5-21-13-6-11(16)8-18-9-13/h2-3,6-9H,4-5,17H2,1H3,(H,19,20). The Hall–Kier alpha value is -2.27. The molecule has 0 bridgehead atoms. The van der Waals surface area contributed by atoms with Gasteiger partial charge in [0.1, 0.15) is 5.75 Å². The fourth-order valence-corrected chi connectivity index (χ4v) is 1.88. The normalized spacial score (nSPS) is 10.2. The van der Waals surface area contributed by atoms with Gasteiger partial charge < -0.3 is 15.8 Å². The van der Waals surface area contributed by atoms with Crippen molar-refractivity contribution < 1.29 is 9.53 Å². The third-order valence-corrected chi connectivity index (χ3v) is 3.02. The number of hydrogen-bond acceptors (Lipinski definition) is 4. The molecule has 21 heavy (non-hydrogen) atoms. The predicted octanol–water partition coefficient (Wildman–Crippen LogP) is 3.03. The molecule has 1 aromatic carbocycles. The molecule has 5 nitrogen and oxygen atoms in total. The average Bonchev–Trinajstić information content (AvgIpc) is 2.43. The van der Waals surface area contributed by atoms with Crippen molar-refractivity contribution in [3.63, 3.8) is 0 Å². The second-order valence-corrected chi connectivity index (χ2v) is 5.00. The van der Waals surface area contributed by atoms with E-state index >= 15 is 0 Å². The lowest BCUT2D eigenvalue weighted by Crippen LogP contribution is -2.16. The first-order valence-corrected chi connectivity index (χ1v) is 6.82. The summed E-state index contributed by atoms with van der Waals surface area (Å²) in [4.78, 5) is 15.8. The van der Waals surface area contributed by atoms with E-state index < -0.39 is 0 Å². The molecule has 0 radical (unpaired) electrons. The molecule has 0 aliphatic heterocycles. The largest absolute Gasteiger partial charge is 0.491 e. The Bertz CT molecular complexity index is 647. The molecule has 2 rings (SSSR count). The monoisotopic (exact) mass is 305 g/mol. The molecule has 0 atom stereocenters. The average molecular weight is 306 g/mol. The van der Waals surface area contributed by atoms with Gasteiger partial charge in [0.05, 0.1) is 24.2 Å². The van der Waals surface area contributed by atoms with Gasteiger partial charge in [-0.3, -0.25) is 9.78 Å². The highest BCUT2D eigenvalue weighted by molar-refractivity contribution is 6.30. The molecule has 6 heteroatoms. The number of anilines is 2. The molecule has 3 N–H and O–H groups in total. The Morgan fingerprint density at radius 1 is 1.38 bits per heavy atom. The van der Waals surface area contributed by atoms with Crippen molar-refractivity contribution in [2.75, 3.05) is 17.7 Å². The van der Waals surface area contributed by atoms with E-state index in [9.17, 15) is 4.79 Å². The molecule has 0 unspecified atom stereocenters. The van der Waals surface area contributed by atoms with Crippen molar-refractivity contribution in [2.45, 2.75) is 13.3 Å². The minimum atomic E-state index is -0.140. The van der Waals surface area contributed by atoms with E-state index in [1.165, 1.54) is 6.20 Å². The zero-order chi connectivity index (χ0) is 15.2. The van der Waals surface area contributed by atoms with Gasteiger partial charge in [0, 0.05) is 23.6 Å². The fraction of sp³-hybridized carbons (Fsp3) is 0.200. The minimum absolute atomic E-state index is 0.140. The maximum Gasteiger partial charge on any atom is 0.227 e. The molecule has 0 spiro atoms. The van der Waals surface area contributed by atoms with Gasteiger partial charge in [0.15, 0.2) is 0 Å². The van der Waals surface area contributed by atoms with Crippen LogP contribution in [0.3, 0.4) is 0 Å². The highest BCUT2D eigenvalue weighted by atomic mass is 35.5. The van der Waals surface area contributed by atoms with Crippen LogP contribution >= 0.6 is 11.6 Å². The molecule has 0 fully saturated rings. The van der Waals surface area contributed by atoms with E-state index in [4.69, 9.17) is 22.1 Å². The van der Waals surface area contributed by atoms with Gasteiger partial charge in [-0.2, -0.15) is 0 Å². The van der Waals surface area contributed by atoms with Crippen molar-refractivity contribution in [1.29, 1.82) is 0 Å². The third kappa shape index (κ3) is 4.65. The molecule has 1 amide bonds. The van der Waals surface area contributed by atoms with Gasteiger partial charge in [0.2, 0.25) is 5.91 Å². The number of hydrogen-bond donors (Lipinski definition) is 2. The number of halogens is 1. The maximum absolute atomic E-state index is 11.9. The van der Waals surface area contributed by atoms with Crippen LogP contribution in [0, 0.1) is 6.92 Å². The molecule has 1 aromatic heterocycles. The summed E-state index contributed by atoms with van der Waals surface area (Å²) in [6.07, 6.45) is 3.29. The third-order valence-electron chi connectivity index (χ3n) is 2.81. The van der Waals surface area contributed by atoms with Gasteiger partial charge in [-0.05, 0) is 24.6 Å². The lowest BCUT2D eigenvalue weighted by molar-refractivity contribution is -0.116. The summed E-state index contributed by atoms with van der Waals surface area (Å²) >= 11 is 5.79. The second kappa shape index (κ2) is 6.95. The van der Waals surface area contributed by atoms with E-state index in [2.05, 4.69) is 10.3 Å². The Labute approximate surface area is 128 Å². The number of rotatable bonds is 5. The van der Waals surface area contributed by atoms with Gasteiger partial charge in [0.25, 0.3) is 0 Å². The van der Waals surface area contributed by atoms with Crippen molar-refractivity contribution in [2.24, 2.45) is 0 Å². The summed E-state index contributed by atoms with van der Waals surface area (Å²) in [7, 11) is 0. The molecule has 0 saturated carbocycles. The van der Waals surface area contributed by atoms with Crippen molar-refractivity contribution >= 4 is 28.9 Å². The molecular weight excluding hydrogens is 290 g/mol. The van der Waals surface area contributed by atoms with Gasteiger partial charge >= 0.3 is 0 Å². The maximum atomic E-state index is 11.9. The van der Waals surface area contributed by atoms with Crippen LogP contribution in [-0.2, 0) is 4.79 Å². The number of ether oxygens (including phenoxy) is 1. The number of nitrogens with two attached hydrogens (primary N) is 1. The molecule has 110 valence electrons. The van der Waals surface area contributed by atoms with Crippen molar-refractivity contribution in [3.05, 3.63) is 47.2 Å². The first-order valence-electron chi connectivity index (χ1n) is 6.44. The molecule has 0 aliphatic rings. The number of carbonyl (C=O) groups excluding carboxylic acids is 1. The molecule has 1 heterocycles. The number of aryl methyl sites for hydroxylation is 1. The van der Waals surface area contributed by atoms with E-state index in [1.54, 1.807) is 24.4 Å². The molecule has 2 aromatic rings. The number of benzene rings is 1. The SMILES string of the molecule is Cc1ccc(N)cc1NC(=O)CCOc1cncc(Cl)c1. The first-order chi connectivity index (χ1) is 10.0. The molecular formula is C15H16ClN3O2. The first kappa shape index (κ1) is 15.1. The molecule has 0 aliphatic carbocycles. The van der Waals surface area contributed by atoms with Crippen LogP contribution in [0.2, 0.25) is 5.02 Å². The lowest BCUT2D eigenvalue weighted by atomic mass is 10.2. The van der Waals surface area contributed by atoms with Crippen LogP contribution in [0.5, 0.6) is 5.75 Å². The highest BCUT2D eigenvalue weighted by Crippen LogP contribution is 2.18. The Balaban J connectivity index is 1.84. The zero-order valence-corrected chi connectivity index (χ0v) is 12.4. The Morgan fingerprint density at radius 3 is 2.95 bits per heavy atom. The summed E-state index contributed by atoms with van der Waals surface area (Å²) < 4.78 is 5.42. The fourth-order valence-electron chi connectivity index (χ4n) is 1.72. The molecule has 0 saturated heterocycles. The van der Waals surface area contributed by atoms with Gasteiger partial charge in [-0.1, -0.05) is 17.7 Å². The topological polar surface area (TPSA) is 77.2 Å². The summed E-state index contributed by atoms with van der Waals surface area (Å²) in [5.74, 6) is 0.397. The van der Waals surface area contributed by atoms with E-state index in [-0.39, 0.29) is 18.9 Å². The van der Waals surface area contributed by atoms with Crippen molar-refractivity contribution in [1.82, 2.24) is 4.98 Å². The second-order valence-electron chi connectivity index (χ2n) is 4.56. The Morgan fingerprint density at radius 2 is 2.19 bits per heavy atom. The number of amides is 1. The van der Waals surface area contributed by atoms with Crippen molar-refractivity contribution in [3.8, 4) is 5.75 Å². The number of nitrogens with zero attached hydrogens (tertiary/aromatic N) is 1. The van der Waals surface area contributed by atoms with Crippen LogP contribution in [0.25, 0.3) is 0 Å². The zero-order valence-electron chi connectivity index (χ0n) is 11.6. The smallest absolute Gasteiger partial charge is 0.227 e. The summed E-state index contributed by atoms with van der Waals surface area (Å²) in [5.41, 5.74) is 7.97. The minimum Gasteiger partial charge on any atom is -0.491 e. The number of aromatic nitrogens is 1. The predicted molar refractivity (Wildman–Crippen MR) is 83.6 cm³/mol. The Kier molecular flexibility index (Phi) is 5.00.